The van der Waals surface area contributed by atoms with Gasteiger partial charge in [-0.3, -0.25) is 0 Å². The van der Waals surface area contributed by atoms with Crippen molar-refractivity contribution in [2.75, 3.05) is 12.3 Å². The SMILES string of the molecule is N#CCN1C=CN/C1=C1/SCC(c2ccc(Cl)cc2Cl)S1. The second kappa shape index (κ2) is 6.45. The summed E-state index contributed by atoms with van der Waals surface area (Å²) in [4.78, 5) is 1.92. The Balaban J connectivity index is 1.81. The predicted octanol–water partition coefficient (Wildman–Crippen LogP) is 4.54. The quantitative estimate of drug-likeness (QED) is 0.788. The first kappa shape index (κ1) is 15.0. The standard InChI is InChI=1S/C14H11Cl2N3S2/c15-9-1-2-10(11(16)7-9)12-8-20-14(21-12)13-18-4-6-19(13)5-3-17/h1-2,4,6-7,12,18H,5,8H2/b14-13+. The highest BCUT2D eigenvalue weighted by molar-refractivity contribution is 8.25. The largest absolute Gasteiger partial charge is 0.345 e. The van der Waals surface area contributed by atoms with Gasteiger partial charge in [0.05, 0.1) is 10.3 Å². The first-order valence-corrected chi connectivity index (χ1v) is 8.86. The summed E-state index contributed by atoms with van der Waals surface area (Å²) in [5.74, 6) is 1.94. The van der Waals surface area contributed by atoms with Gasteiger partial charge in [0.1, 0.15) is 12.4 Å². The summed E-state index contributed by atoms with van der Waals surface area (Å²) >= 11 is 15.8. The van der Waals surface area contributed by atoms with Gasteiger partial charge in [0.15, 0.2) is 0 Å². The third-order valence-corrected chi connectivity index (χ3v) is 6.60. The molecule has 3 rings (SSSR count). The van der Waals surface area contributed by atoms with Crippen molar-refractivity contribution in [3.05, 3.63) is 56.3 Å². The highest BCUT2D eigenvalue weighted by atomic mass is 35.5. The number of thioether (sulfide) groups is 2. The van der Waals surface area contributed by atoms with Crippen molar-refractivity contribution in [2.45, 2.75) is 5.25 Å². The molecule has 1 unspecified atom stereocenters. The molecular formula is C14H11Cl2N3S2. The second-order valence-electron chi connectivity index (χ2n) is 4.47. The van der Waals surface area contributed by atoms with Gasteiger partial charge in [-0.25, -0.2) is 0 Å². The molecule has 1 aromatic rings. The maximum absolute atomic E-state index is 8.86. The summed E-state index contributed by atoms with van der Waals surface area (Å²) in [6.45, 7) is 0.343. The molecule has 3 nitrogen and oxygen atoms in total. The molecule has 0 radical (unpaired) electrons. The van der Waals surface area contributed by atoms with E-state index < -0.39 is 0 Å². The van der Waals surface area contributed by atoms with E-state index in [2.05, 4.69) is 11.4 Å². The third-order valence-electron chi connectivity index (χ3n) is 3.12. The van der Waals surface area contributed by atoms with Gasteiger partial charge < -0.3 is 10.2 Å². The topological polar surface area (TPSA) is 39.1 Å². The lowest BCUT2D eigenvalue weighted by Gasteiger charge is -2.16. The Kier molecular flexibility index (Phi) is 4.60. The van der Waals surface area contributed by atoms with Crippen LogP contribution in [-0.2, 0) is 0 Å². The van der Waals surface area contributed by atoms with E-state index >= 15 is 0 Å². The Morgan fingerprint density at radius 1 is 1.43 bits per heavy atom. The first-order valence-electron chi connectivity index (χ1n) is 6.24. The van der Waals surface area contributed by atoms with Gasteiger partial charge in [-0.15, -0.1) is 23.5 Å². The van der Waals surface area contributed by atoms with Crippen molar-refractivity contribution in [3.63, 3.8) is 0 Å². The van der Waals surface area contributed by atoms with Crippen LogP contribution >= 0.6 is 46.7 Å². The molecule has 2 heterocycles. The zero-order valence-corrected chi connectivity index (χ0v) is 14.0. The summed E-state index contributed by atoms with van der Waals surface area (Å²) in [6.07, 6.45) is 3.73. The molecule has 1 N–H and O–H groups in total. The molecule has 0 saturated carbocycles. The van der Waals surface area contributed by atoms with Crippen LogP contribution in [0.2, 0.25) is 10.0 Å². The number of hydrogen-bond donors (Lipinski definition) is 1. The number of nitriles is 1. The van der Waals surface area contributed by atoms with Gasteiger partial charge >= 0.3 is 0 Å². The summed E-state index contributed by atoms with van der Waals surface area (Å²) < 4.78 is 1.19. The van der Waals surface area contributed by atoms with Gasteiger partial charge in [-0.05, 0) is 17.7 Å². The van der Waals surface area contributed by atoms with E-state index in [0.29, 0.717) is 21.8 Å². The van der Waals surface area contributed by atoms with Gasteiger partial charge in [0, 0.05) is 33.4 Å². The summed E-state index contributed by atoms with van der Waals surface area (Å²) in [6, 6.07) is 7.81. The third kappa shape index (κ3) is 3.14. The van der Waals surface area contributed by atoms with Gasteiger partial charge in [0.25, 0.3) is 0 Å². The molecule has 1 saturated heterocycles. The zero-order valence-electron chi connectivity index (χ0n) is 10.8. The fourth-order valence-corrected chi connectivity index (χ4v) is 5.72. The second-order valence-corrected chi connectivity index (χ2v) is 7.81. The summed E-state index contributed by atoms with van der Waals surface area (Å²) in [7, 11) is 0. The predicted molar refractivity (Wildman–Crippen MR) is 90.9 cm³/mol. The van der Waals surface area contributed by atoms with Crippen LogP contribution in [0.1, 0.15) is 10.8 Å². The Labute approximate surface area is 142 Å². The average molecular weight is 356 g/mol. The lowest BCUT2D eigenvalue weighted by molar-refractivity contribution is 0.525. The van der Waals surface area contributed by atoms with Crippen molar-refractivity contribution in [2.24, 2.45) is 0 Å². The highest BCUT2D eigenvalue weighted by Gasteiger charge is 2.29. The van der Waals surface area contributed by atoms with Crippen LogP contribution in [0.5, 0.6) is 0 Å². The molecule has 0 aliphatic carbocycles. The summed E-state index contributed by atoms with van der Waals surface area (Å²) in [5, 5.41) is 13.7. The van der Waals surface area contributed by atoms with Gasteiger partial charge in [-0.1, -0.05) is 29.3 Å². The molecule has 21 heavy (non-hydrogen) atoms. The number of hydrogen-bond acceptors (Lipinski definition) is 5. The van der Waals surface area contributed by atoms with E-state index in [1.165, 1.54) is 4.24 Å². The molecule has 0 aromatic heterocycles. The van der Waals surface area contributed by atoms with Crippen molar-refractivity contribution in [1.29, 1.82) is 5.26 Å². The van der Waals surface area contributed by atoms with E-state index in [1.807, 2.05) is 29.4 Å². The van der Waals surface area contributed by atoms with Crippen molar-refractivity contribution in [1.82, 2.24) is 10.2 Å². The minimum Gasteiger partial charge on any atom is -0.345 e. The van der Waals surface area contributed by atoms with Crippen LogP contribution in [0, 0.1) is 11.3 Å². The molecule has 2 aliphatic heterocycles. The van der Waals surface area contributed by atoms with Crippen LogP contribution in [0.25, 0.3) is 0 Å². The van der Waals surface area contributed by atoms with Gasteiger partial charge in [0.2, 0.25) is 0 Å². The number of nitrogens with zero attached hydrogens (tertiary/aromatic N) is 2. The lowest BCUT2D eigenvalue weighted by Crippen LogP contribution is -2.19. The summed E-state index contributed by atoms with van der Waals surface area (Å²) in [5.41, 5.74) is 1.10. The number of benzene rings is 1. The molecule has 0 amide bonds. The van der Waals surface area contributed by atoms with Crippen molar-refractivity contribution in [3.8, 4) is 6.07 Å². The smallest absolute Gasteiger partial charge is 0.131 e. The minimum atomic E-state index is 0.300. The maximum Gasteiger partial charge on any atom is 0.131 e. The Hall–Kier alpha value is -0.930. The molecular weight excluding hydrogens is 345 g/mol. The van der Waals surface area contributed by atoms with Crippen molar-refractivity contribution >= 4 is 46.7 Å². The average Bonchev–Trinajstić information content (AvgIpc) is 3.07. The van der Waals surface area contributed by atoms with E-state index in [4.69, 9.17) is 28.5 Å². The molecule has 7 heteroatoms. The van der Waals surface area contributed by atoms with Crippen molar-refractivity contribution < 1.29 is 0 Å². The van der Waals surface area contributed by atoms with Crippen LogP contribution in [0.15, 0.2) is 40.7 Å². The highest BCUT2D eigenvalue weighted by Crippen LogP contribution is 2.53. The van der Waals surface area contributed by atoms with Crippen LogP contribution < -0.4 is 5.32 Å². The molecule has 0 bridgehead atoms. The van der Waals surface area contributed by atoms with E-state index in [-0.39, 0.29) is 0 Å². The monoisotopic (exact) mass is 355 g/mol. The van der Waals surface area contributed by atoms with E-state index in [1.54, 1.807) is 29.6 Å². The Morgan fingerprint density at radius 2 is 2.29 bits per heavy atom. The van der Waals surface area contributed by atoms with Crippen LogP contribution in [0.3, 0.4) is 0 Å². The number of halogens is 2. The fraction of sp³-hybridized carbons (Fsp3) is 0.214. The molecule has 2 aliphatic rings. The molecule has 108 valence electrons. The number of nitrogens with one attached hydrogen (secondary N) is 1. The Bertz CT molecular complexity index is 667. The first-order chi connectivity index (χ1) is 10.2. The van der Waals surface area contributed by atoms with E-state index in [0.717, 1.165) is 17.1 Å². The maximum atomic E-state index is 8.86. The molecule has 1 aromatic carbocycles. The molecule has 1 atom stereocenters. The molecule has 1 fully saturated rings. The van der Waals surface area contributed by atoms with Crippen LogP contribution in [-0.4, -0.2) is 17.2 Å². The Morgan fingerprint density at radius 3 is 3.05 bits per heavy atom. The number of rotatable bonds is 2. The van der Waals surface area contributed by atoms with Gasteiger partial charge in [-0.2, -0.15) is 5.26 Å². The van der Waals surface area contributed by atoms with E-state index in [9.17, 15) is 0 Å². The zero-order chi connectivity index (χ0) is 14.8. The fourth-order valence-electron chi connectivity index (χ4n) is 2.14. The van der Waals surface area contributed by atoms with Crippen LogP contribution in [0.4, 0.5) is 0 Å². The minimum absolute atomic E-state index is 0.300. The normalized spacial score (nSPS) is 24.2. The lowest BCUT2D eigenvalue weighted by atomic mass is 10.2. The molecule has 0 spiro atoms.